The van der Waals surface area contributed by atoms with E-state index in [9.17, 15) is 4.79 Å². The fourth-order valence-electron chi connectivity index (χ4n) is 2.32. The Morgan fingerprint density at radius 2 is 2.33 bits per heavy atom. The summed E-state index contributed by atoms with van der Waals surface area (Å²) < 4.78 is 5.32. The van der Waals surface area contributed by atoms with E-state index >= 15 is 0 Å². The van der Waals surface area contributed by atoms with Crippen molar-refractivity contribution in [1.82, 2.24) is 5.06 Å². The molecule has 3 aliphatic rings. The molecule has 0 unspecified atom stereocenters. The van der Waals surface area contributed by atoms with Gasteiger partial charge >= 0.3 is 6.09 Å². The van der Waals surface area contributed by atoms with Gasteiger partial charge in [0.25, 0.3) is 0 Å². The van der Waals surface area contributed by atoms with Gasteiger partial charge in [-0.15, -0.1) is 0 Å². The molecule has 102 valence electrons. The van der Waals surface area contributed by atoms with Crippen molar-refractivity contribution in [3.63, 3.8) is 0 Å². The molecule has 1 amide bonds. The van der Waals surface area contributed by atoms with Gasteiger partial charge in [0.1, 0.15) is 11.2 Å². The van der Waals surface area contributed by atoms with Crippen LogP contribution in [0.1, 0.15) is 40.0 Å². The first kappa shape index (κ1) is 13.4. The molecule has 5 heteroatoms. The minimum atomic E-state index is -0.541. The van der Waals surface area contributed by atoms with Crippen molar-refractivity contribution in [1.29, 1.82) is 0 Å². The molecule has 0 radical (unpaired) electrons. The second-order valence-corrected chi connectivity index (χ2v) is 5.90. The van der Waals surface area contributed by atoms with E-state index in [1.165, 1.54) is 5.06 Å². The molecular weight excluding hydrogens is 234 g/mol. The molecule has 0 spiro atoms. The van der Waals surface area contributed by atoms with Crippen LogP contribution < -0.4 is 0 Å². The lowest BCUT2D eigenvalue weighted by molar-refractivity contribution is -0.262. The van der Waals surface area contributed by atoms with Crippen molar-refractivity contribution in [2.45, 2.75) is 57.3 Å². The predicted molar refractivity (Wildman–Crippen MR) is 65.8 cm³/mol. The van der Waals surface area contributed by atoms with E-state index < -0.39 is 17.3 Å². The molecule has 2 heterocycles. The number of aliphatic hydroxyl groups excluding tert-OH is 1. The van der Waals surface area contributed by atoms with Crippen LogP contribution in [0.15, 0.2) is 12.2 Å². The Kier molecular flexibility index (Phi) is 3.38. The van der Waals surface area contributed by atoms with E-state index in [0.717, 1.165) is 12.8 Å². The van der Waals surface area contributed by atoms with Gasteiger partial charge < -0.3 is 9.84 Å². The summed E-state index contributed by atoms with van der Waals surface area (Å²) in [7, 11) is 0. The van der Waals surface area contributed by atoms with Crippen molar-refractivity contribution >= 4 is 6.09 Å². The quantitative estimate of drug-likeness (QED) is 0.767. The van der Waals surface area contributed by atoms with Crippen molar-refractivity contribution in [3.05, 3.63) is 12.2 Å². The largest absolute Gasteiger partial charge is 0.442 e. The number of hydroxylamine groups is 2. The van der Waals surface area contributed by atoms with Crippen LogP contribution in [0, 0.1) is 0 Å². The van der Waals surface area contributed by atoms with E-state index in [1.807, 2.05) is 32.9 Å². The molecule has 0 aromatic heterocycles. The maximum Gasteiger partial charge on any atom is 0.435 e. The monoisotopic (exact) mass is 255 g/mol. The van der Waals surface area contributed by atoms with Crippen LogP contribution in [-0.2, 0) is 9.57 Å². The molecule has 0 saturated carbocycles. The highest BCUT2D eigenvalue weighted by atomic mass is 16.7. The van der Waals surface area contributed by atoms with Crippen LogP contribution >= 0.6 is 0 Å². The lowest BCUT2D eigenvalue weighted by Crippen LogP contribution is -2.56. The Labute approximate surface area is 107 Å². The lowest BCUT2D eigenvalue weighted by Gasteiger charge is -2.47. The van der Waals surface area contributed by atoms with Crippen LogP contribution in [0.4, 0.5) is 4.79 Å². The predicted octanol–water partition coefficient (Wildman–Crippen LogP) is 2.01. The Morgan fingerprint density at radius 3 is 2.83 bits per heavy atom. The molecule has 2 bridgehead atoms. The molecule has 3 rings (SSSR count). The van der Waals surface area contributed by atoms with Crippen LogP contribution in [-0.4, -0.2) is 40.1 Å². The van der Waals surface area contributed by atoms with Gasteiger partial charge in [-0.2, -0.15) is 5.06 Å². The summed E-state index contributed by atoms with van der Waals surface area (Å²) in [6.45, 7) is 5.52. The minimum absolute atomic E-state index is 0.0389. The Bertz CT molecular complexity index is 360. The van der Waals surface area contributed by atoms with Crippen molar-refractivity contribution in [2.24, 2.45) is 0 Å². The van der Waals surface area contributed by atoms with Gasteiger partial charge in [-0.05, 0) is 33.6 Å². The molecule has 1 saturated heterocycles. The summed E-state index contributed by atoms with van der Waals surface area (Å²) in [5.41, 5.74) is -1.08. The number of fused-ring (bicyclic) bond motifs is 2. The van der Waals surface area contributed by atoms with Gasteiger partial charge in [-0.25, -0.2) is 4.79 Å². The number of nitrogens with zero attached hydrogens (tertiary/aromatic N) is 1. The fraction of sp³-hybridized carbons (Fsp3) is 0.769. The minimum Gasteiger partial charge on any atom is -0.442 e. The molecule has 1 N–H and O–H groups in total. The van der Waals surface area contributed by atoms with Gasteiger partial charge in [0.2, 0.25) is 0 Å². The second-order valence-electron chi connectivity index (χ2n) is 5.90. The average Bonchev–Trinajstić information content (AvgIpc) is 2.28. The zero-order chi connectivity index (χ0) is 13.4. The summed E-state index contributed by atoms with van der Waals surface area (Å²) >= 11 is 0. The molecule has 2 atom stereocenters. The summed E-state index contributed by atoms with van der Waals surface area (Å²) in [4.78, 5) is 17.8. The van der Waals surface area contributed by atoms with E-state index in [4.69, 9.17) is 14.7 Å². The standard InChI is InChI=1S/C13H21NO4/c1-12(2,3)17-11(16)14-10-4-6-13(18-14,7-5-10)8-9-15/h4,6,10,15H,5,7-9H2,1-3H3/t10-,13+/m1/s1. The van der Waals surface area contributed by atoms with Gasteiger partial charge in [0.05, 0.1) is 6.04 Å². The summed E-state index contributed by atoms with van der Waals surface area (Å²) in [5, 5.41) is 10.4. The highest BCUT2D eigenvalue weighted by Gasteiger charge is 2.45. The normalized spacial score (nSPS) is 30.7. The first-order valence-electron chi connectivity index (χ1n) is 6.37. The Balaban J connectivity index is 2.08. The number of amides is 1. The van der Waals surface area contributed by atoms with Crippen LogP contribution in [0.5, 0.6) is 0 Å². The lowest BCUT2D eigenvalue weighted by atomic mass is 9.84. The number of ether oxygens (including phenoxy) is 1. The van der Waals surface area contributed by atoms with Crippen molar-refractivity contribution < 1.29 is 19.5 Å². The summed E-state index contributed by atoms with van der Waals surface area (Å²) in [5.74, 6) is 0. The van der Waals surface area contributed by atoms with Crippen LogP contribution in [0.25, 0.3) is 0 Å². The zero-order valence-corrected chi connectivity index (χ0v) is 11.2. The third kappa shape index (κ3) is 2.67. The maximum atomic E-state index is 12.0. The summed E-state index contributed by atoms with van der Waals surface area (Å²) in [6.07, 6.45) is 5.63. The molecule has 5 nitrogen and oxygen atoms in total. The molecular formula is C13H21NO4. The van der Waals surface area contributed by atoms with E-state index in [1.54, 1.807) is 0 Å². The zero-order valence-electron chi connectivity index (χ0n) is 11.2. The maximum absolute atomic E-state index is 12.0. The number of hydrogen-bond donors (Lipinski definition) is 1. The topological polar surface area (TPSA) is 59.0 Å². The van der Waals surface area contributed by atoms with Gasteiger partial charge in [0.15, 0.2) is 0 Å². The van der Waals surface area contributed by atoms with E-state index in [-0.39, 0.29) is 12.6 Å². The van der Waals surface area contributed by atoms with E-state index in [0.29, 0.717) is 6.42 Å². The third-order valence-corrected chi connectivity index (χ3v) is 3.18. The van der Waals surface area contributed by atoms with E-state index in [2.05, 4.69) is 0 Å². The Morgan fingerprint density at radius 1 is 1.61 bits per heavy atom. The number of carbonyl (C=O) groups excluding carboxylic acids is 1. The molecule has 0 aromatic carbocycles. The van der Waals surface area contributed by atoms with Crippen LogP contribution in [0.2, 0.25) is 0 Å². The average molecular weight is 255 g/mol. The molecule has 18 heavy (non-hydrogen) atoms. The number of aliphatic hydroxyl groups is 1. The highest BCUT2D eigenvalue weighted by Crippen LogP contribution is 2.38. The SMILES string of the molecule is CC(C)(C)OC(=O)N1O[C@@]2(CCO)C=C[C@@H]1CC2. The first-order chi connectivity index (χ1) is 8.35. The van der Waals surface area contributed by atoms with Crippen molar-refractivity contribution in [2.75, 3.05) is 6.61 Å². The first-order valence-corrected chi connectivity index (χ1v) is 6.37. The number of rotatable bonds is 2. The van der Waals surface area contributed by atoms with Gasteiger partial charge in [-0.1, -0.05) is 12.2 Å². The number of hydrogen-bond acceptors (Lipinski definition) is 4. The second kappa shape index (κ2) is 4.55. The van der Waals surface area contributed by atoms with Gasteiger partial charge in [-0.3, -0.25) is 4.84 Å². The van der Waals surface area contributed by atoms with Gasteiger partial charge in [0, 0.05) is 13.0 Å². The van der Waals surface area contributed by atoms with Crippen LogP contribution in [0.3, 0.4) is 0 Å². The molecule has 1 fully saturated rings. The smallest absolute Gasteiger partial charge is 0.435 e. The third-order valence-electron chi connectivity index (χ3n) is 3.18. The summed E-state index contributed by atoms with van der Waals surface area (Å²) in [6, 6.07) is -0.0552. The number of carbonyl (C=O) groups is 1. The van der Waals surface area contributed by atoms with Crippen molar-refractivity contribution in [3.8, 4) is 0 Å². The Hall–Kier alpha value is -1.07. The fourth-order valence-corrected chi connectivity index (χ4v) is 2.32. The molecule has 1 aliphatic carbocycles. The highest BCUT2D eigenvalue weighted by molar-refractivity contribution is 5.68. The molecule has 2 aliphatic heterocycles. The molecule has 0 aromatic rings.